The van der Waals surface area contributed by atoms with Crippen molar-refractivity contribution in [3.05, 3.63) is 17.3 Å². The molecular formula is C11H14N4O. The van der Waals surface area contributed by atoms with Crippen molar-refractivity contribution in [2.75, 3.05) is 18.4 Å². The molecule has 0 aromatic carbocycles. The number of terminal acetylenes is 1. The summed E-state index contributed by atoms with van der Waals surface area (Å²) in [6, 6.07) is 1.84. The molecule has 0 radical (unpaired) electrons. The minimum Gasteiger partial charge on any atom is -0.360 e. The van der Waals surface area contributed by atoms with Crippen molar-refractivity contribution in [2.24, 2.45) is 0 Å². The van der Waals surface area contributed by atoms with Gasteiger partial charge in [0.2, 0.25) is 5.91 Å². The number of nitrogens with zero attached hydrogens (tertiary/aromatic N) is 2. The number of aryl methyl sites for hydroxylation is 2. The van der Waals surface area contributed by atoms with E-state index < -0.39 is 0 Å². The summed E-state index contributed by atoms with van der Waals surface area (Å²) in [4.78, 5) is 11.2. The third-order valence-corrected chi connectivity index (χ3v) is 2.05. The van der Waals surface area contributed by atoms with Gasteiger partial charge in [-0.2, -0.15) is 5.10 Å². The Morgan fingerprint density at radius 3 is 2.88 bits per heavy atom. The van der Waals surface area contributed by atoms with E-state index in [2.05, 4.69) is 26.8 Å². The lowest BCUT2D eigenvalue weighted by Gasteiger charge is -2.06. The lowest BCUT2D eigenvalue weighted by atomic mass is 10.2. The quantitative estimate of drug-likeness (QED) is 0.711. The van der Waals surface area contributed by atoms with Gasteiger partial charge in [0.1, 0.15) is 5.82 Å². The first kappa shape index (κ1) is 12.0. The van der Waals surface area contributed by atoms with E-state index in [-0.39, 0.29) is 19.0 Å². The predicted octanol–water partition coefficient (Wildman–Crippen LogP) is 0.255. The second kappa shape index (κ2) is 5.71. The number of rotatable bonds is 4. The van der Waals surface area contributed by atoms with Crippen molar-refractivity contribution in [1.29, 1.82) is 0 Å². The van der Waals surface area contributed by atoms with E-state index in [4.69, 9.17) is 6.42 Å². The number of anilines is 1. The highest BCUT2D eigenvalue weighted by atomic mass is 16.1. The van der Waals surface area contributed by atoms with Crippen molar-refractivity contribution in [2.45, 2.75) is 13.8 Å². The minimum atomic E-state index is -0.169. The Balaban J connectivity index is 2.46. The summed E-state index contributed by atoms with van der Waals surface area (Å²) in [6.07, 6.45) is 5.01. The van der Waals surface area contributed by atoms with E-state index in [1.54, 1.807) is 0 Å². The maximum atomic E-state index is 11.2. The van der Waals surface area contributed by atoms with E-state index in [9.17, 15) is 4.79 Å². The van der Waals surface area contributed by atoms with Crippen LogP contribution in [0.3, 0.4) is 0 Å². The van der Waals surface area contributed by atoms with Gasteiger partial charge in [-0.15, -0.1) is 11.5 Å². The molecule has 0 bridgehead atoms. The molecule has 0 aliphatic rings. The van der Waals surface area contributed by atoms with Gasteiger partial charge in [-0.25, -0.2) is 0 Å². The smallest absolute Gasteiger partial charge is 0.240 e. The molecule has 5 heteroatoms. The van der Waals surface area contributed by atoms with Crippen molar-refractivity contribution < 1.29 is 4.79 Å². The highest BCUT2D eigenvalue weighted by molar-refractivity contribution is 5.80. The second-order valence-electron chi connectivity index (χ2n) is 3.33. The molecule has 84 valence electrons. The van der Waals surface area contributed by atoms with Crippen molar-refractivity contribution in [1.82, 2.24) is 15.5 Å². The molecule has 1 amide bonds. The SMILES string of the molecule is C#CCNC(=O)CNc1cc(C)c(C)nn1. The molecule has 0 saturated heterocycles. The monoisotopic (exact) mass is 218 g/mol. The first-order valence-corrected chi connectivity index (χ1v) is 4.88. The van der Waals surface area contributed by atoms with Gasteiger partial charge in [0, 0.05) is 0 Å². The van der Waals surface area contributed by atoms with Crippen LogP contribution in [0.25, 0.3) is 0 Å². The summed E-state index contributed by atoms with van der Waals surface area (Å²) in [5, 5.41) is 13.3. The largest absolute Gasteiger partial charge is 0.360 e. The maximum Gasteiger partial charge on any atom is 0.240 e. The van der Waals surface area contributed by atoms with E-state index in [0.717, 1.165) is 11.3 Å². The Hall–Kier alpha value is -2.09. The van der Waals surface area contributed by atoms with Crippen LogP contribution in [0.15, 0.2) is 6.07 Å². The zero-order valence-corrected chi connectivity index (χ0v) is 9.37. The molecule has 0 unspecified atom stereocenters. The number of carbonyl (C=O) groups is 1. The maximum absolute atomic E-state index is 11.2. The number of amides is 1. The first-order chi connectivity index (χ1) is 7.63. The standard InChI is InChI=1S/C11H14N4O/c1-4-5-12-11(16)7-13-10-6-8(2)9(3)14-15-10/h1,6H,5,7H2,2-3H3,(H,12,16)(H,13,15). The molecule has 0 saturated carbocycles. The molecule has 1 aromatic heterocycles. The van der Waals surface area contributed by atoms with Crippen molar-refractivity contribution >= 4 is 11.7 Å². The number of hydrogen-bond acceptors (Lipinski definition) is 4. The van der Waals surface area contributed by atoms with Gasteiger partial charge in [-0.05, 0) is 25.5 Å². The van der Waals surface area contributed by atoms with Gasteiger partial charge >= 0.3 is 0 Å². The second-order valence-corrected chi connectivity index (χ2v) is 3.33. The van der Waals surface area contributed by atoms with E-state index >= 15 is 0 Å². The summed E-state index contributed by atoms with van der Waals surface area (Å²) in [7, 11) is 0. The number of hydrogen-bond donors (Lipinski definition) is 2. The van der Waals surface area contributed by atoms with Gasteiger partial charge in [-0.1, -0.05) is 5.92 Å². The third-order valence-electron chi connectivity index (χ3n) is 2.05. The van der Waals surface area contributed by atoms with Crippen LogP contribution in [0.2, 0.25) is 0 Å². The molecule has 0 atom stereocenters. The minimum absolute atomic E-state index is 0.138. The fraction of sp³-hybridized carbons (Fsp3) is 0.364. The Morgan fingerprint density at radius 2 is 2.25 bits per heavy atom. The molecule has 0 fully saturated rings. The fourth-order valence-corrected chi connectivity index (χ4v) is 1.02. The Labute approximate surface area is 94.7 Å². The summed E-state index contributed by atoms with van der Waals surface area (Å²) >= 11 is 0. The summed E-state index contributed by atoms with van der Waals surface area (Å²) in [5.74, 6) is 2.74. The number of carbonyl (C=O) groups excluding carboxylic acids is 1. The summed E-state index contributed by atoms with van der Waals surface area (Å²) in [5.41, 5.74) is 1.91. The Morgan fingerprint density at radius 1 is 1.50 bits per heavy atom. The average Bonchev–Trinajstić information content (AvgIpc) is 2.28. The zero-order valence-electron chi connectivity index (χ0n) is 9.37. The topological polar surface area (TPSA) is 66.9 Å². The van der Waals surface area contributed by atoms with Crippen LogP contribution >= 0.6 is 0 Å². The van der Waals surface area contributed by atoms with Crippen LogP contribution in [0, 0.1) is 26.2 Å². The summed E-state index contributed by atoms with van der Waals surface area (Å²) in [6.45, 7) is 4.19. The molecule has 2 N–H and O–H groups in total. The molecule has 1 rings (SSSR count). The molecule has 1 aromatic rings. The zero-order chi connectivity index (χ0) is 12.0. The highest BCUT2D eigenvalue weighted by Gasteiger charge is 2.02. The number of aromatic nitrogens is 2. The van der Waals surface area contributed by atoms with Crippen LogP contribution in [0.4, 0.5) is 5.82 Å². The predicted molar refractivity (Wildman–Crippen MR) is 61.8 cm³/mol. The molecule has 0 aliphatic carbocycles. The van der Waals surface area contributed by atoms with Crippen LogP contribution in [-0.4, -0.2) is 29.2 Å². The molecule has 0 aliphatic heterocycles. The molecule has 5 nitrogen and oxygen atoms in total. The van der Waals surface area contributed by atoms with Gasteiger partial charge < -0.3 is 10.6 Å². The average molecular weight is 218 g/mol. The van der Waals surface area contributed by atoms with Gasteiger partial charge in [0.15, 0.2) is 0 Å². The van der Waals surface area contributed by atoms with Crippen LogP contribution in [-0.2, 0) is 4.79 Å². The normalized spacial score (nSPS) is 9.31. The van der Waals surface area contributed by atoms with Crippen LogP contribution in [0.5, 0.6) is 0 Å². The highest BCUT2D eigenvalue weighted by Crippen LogP contribution is 2.06. The molecule has 0 spiro atoms. The van der Waals surface area contributed by atoms with Crippen LogP contribution in [0.1, 0.15) is 11.3 Å². The van der Waals surface area contributed by atoms with E-state index in [1.807, 2.05) is 19.9 Å². The van der Waals surface area contributed by atoms with E-state index in [0.29, 0.717) is 5.82 Å². The van der Waals surface area contributed by atoms with Crippen LogP contribution < -0.4 is 10.6 Å². The molecule has 16 heavy (non-hydrogen) atoms. The van der Waals surface area contributed by atoms with E-state index in [1.165, 1.54) is 0 Å². The third kappa shape index (κ3) is 3.58. The first-order valence-electron chi connectivity index (χ1n) is 4.88. The fourth-order valence-electron chi connectivity index (χ4n) is 1.02. The molecule has 1 heterocycles. The lowest BCUT2D eigenvalue weighted by Crippen LogP contribution is -2.30. The molecular weight excluding hydrogens is 204 g/mol. The van der Waals surface area contributed by atoms with Gasteiger partial charge in [0.05, 0.1) is 18.8 Å². The lowest BCUT2D eigenvalue weighted by molar-refractivity contribution is -0.119. The summed E-state index contributed by atoms with van der Waals surface area (Å²) < 4.78 is 0. The van der Waals surface area contributed by atoms with Crippen molar-refractivity contribution in [3.8, 4) is 12.3 Å². The Bertz CT molecular complexity index is 422. The number of nitrogens with one attached hydrogen (secondary N) is 2. The van der Waals surface area contributed by atoms with Gasteiger partial charge in [-0.3, -0.25) is 4.79 Å². The van der Waals surface area contributed by atoms with Crippen molar-refractivity contribution in [3.63, 3.8) is 0 Å². The van der Waals surface area contributed by atoms with Gasteiger partial charge in [0.25, 0.3) is 0 Å². The Kier molecular flexibility index (Phi) is 4.28.